The Morgan fingerprint density at radius 1 is 1.45 bits per heavy atom. The highest BCUT2D eigenvalue weighted by molar-refractivity contribution is 5.85. The first-order valence-corrected chi connectivity index (χ1v) is 6.86. The summed E-state index contributed by atoms with van der Waals surface area (Å²) in [6.45, 7) is 3.38. The normalized spacial score (nSPS) is 15.7. The summed E-state index contributed by atoms with van der Waals surface area (Å²) in [4.78, 5) is 14.1. The summed E-state index contributed by atoms with van der Waals surface area (Å²) in [5, 5.41) is 0. The van der Waals surface area contributed by atoms with Crippen molar-refractivity contribution < 1.29 is 9.53 Å². The van der Waals surface area contributed by atoms with Crippen LogP contribution in [0.2, 0.25) is 0 Å². The van der Waals surface area contributed by atoms with Crippen molar-refractivity contribution in [2.75, 3.05) is 13.7 Å². The molecule has 0 spiro atoms. The van der Waals surface area contributed by atoms with Gasteiger partial charge in [0.15, 0.2) is 0 Å². The standard InChI is InChI=1S/C15H22N2O2.ClH/c1-3-14(16)15(18)17-8-4-5-11-9-13(19-2)7-6-12(11)10-17;/h6-7,9,14H,3-5,8,10,16H2,1-2H3;1H/t14-;/m0./s1. The van der Waals surface area contributed by atoms with Crippen molar-refractivity contribution in [3.8, 4) is 5.75 Å². The first kappa shape index (κ1) is 16.8. The van der Waals surface area contributed by atoms with Crippen molar-refractivity contribution in [2.45, 2.75) is 38.8 Å². The molecule has 0 saturated carbocycles. The van der Waals surface area contributed by atoms with Crippen LogP contribution in [-0.4, -0.2) is 30.5 Å². The number of benzene rings is 1. The quantitative estimate of drug-likeness (QED) is 0.930. The molecule has 0 saturated heterocycles. The van der Waals surface area contributed by atoms with Crippen molar-refractivity contribution in [1.82, 2.24) is 4.90 Å². The van der Waals surface area contributed by atoms with E-state index in [4.69, 9.17) is 10.5 Å². The third-order valence-corrected chi connectivity index (χ3v) is 3.72. The number of carbonyl (C=O) groups is 1. The van der Waals surface area contributed by atoms with Crippen molar-refractivity contribution >= 4 is 18.3 Å². The molecule has 1 heterocycles. The Morgan fingerprint density at radius 3 is 2.85 bits per heavy atom. The Bertz CT molecular complexity index is 465. The summed E-state index contributed by atoms with van der Waals surface area (Å²) in [5.74, 6) is 0.940. The zero-order chi connectivity index (χ0) is 13.8. The number of carbonyl (C=O) groups excluding carboxylic acids is 1. The van der Waals surface area contributed by atoms with Gasteiger partial charge in [-0.05, 0) is 42.5 Å². The number of methoxy groups -OCH3 is 1. The highest BCUT2D eigenvalue weighted by atomic mass is 35.5. The number of amides is 1. The Balaban J connectivity index is 0.00000200. The molecule has 2 N–H and O–H groups in total. The zero-order valence-corrected chi connectivity index (χ0v) is 12.9. The summed E-state index contributed by atoms with van der Waals surface area (Å²) in [5.41, 5.74) is 8.33. The summed E-state index contributed by atoms with van der Waals surface area (Å²) >= 11 is 0. The van der Waals surface area contributed by atoms with Crippen LogP contribution in [0.15, 0.2) is 18.2 Å². The molecule has 1 aromatic carbocycles. The van der Waals surface area contributed by atoms with E-state index in [1.54, 1.807) is 7.11 Å². The maximum atomic E-state index is 12.2. The minimum Gasteiger partial charge on any atom is -0.497 e. The number of nitrogens with two attached hydrogens (primary N) is 1. The molecule has 2 rings (SSSR count). The van der Waals surface area contributed by atoms with E-state index in [1.807, 2.05) is 17.9 Å². The van der Waals surface area contributed by atoms with Gasteiger partial charge in [0.25, 0.3) is 0 Å². The lowest BCUT2D eigenvalue weighted by atomic mass is 10.0. The first-order valence-electron chi connectivity index (χ1n) is 6.86. The Kier molecular flexibility index (Phi) is 6.30. The van der Waals surface area contributed by atoms with Crippen LogP contribution >= 0.6 is 12.4 Å². The first-order chi connectivity index (χ1) is 9.15. The number of hydrogen-bond donors (Lipinski definition) is 1. The second-order valence-corrected chi connectivity index (χ2v) is 5.01. The number of fused-ring (bicyclic) bond motifs is 1. The van der Waals surface area contributed by atoms with E-state index in [9.17, 15) is 4.79 Å². The Hall–Kier alpha value is -1.26. The van der Waals surface area contributed by atoms with Gasteiger partial charge in [0.05, 0.1) is 13.2 Å². The summed E-state index contributed by atoms with van der Waals surface area (Å²) in [6.07, 6.45) is 2.64. The minimum atomic E-state index is -0.375. The predicted molar refractivity (Wildman–Crippen MR) is 82.2 cm³/mol. The molecule has 1 aliphatic heterocycles. The van der Waals surface area contributed by atoms with Crippen molar-refractivity contribution in [2.24, 2.45) is 5.73 Å². The van der Waals surface area contributed by atoms with Gasteiger partial charge in [-0.25, -0.2) is 0 Å². The smallest absolute Gasteiger partial charge is 0.239 e. The van der Waals surface area contributed by atoms with Crippen LogP contribution in [0.4, 0.5) is 0 Å². The van der Waals surface area contributed by atoms with E-state index in [0.29, 0.717) is 13.0 Å². The lowest BCUT2D eigenvalue weighted by Crippen LogP contribution is -2.43. The number of halogens is 1. The van der Waals surface area contributed by atoms with Crippen molar-refractivity contribution in [3.63, 3.8) is 0 Å². The highest BCUT2D eigenvalue weighted by Crippen LogP contribution is 2.23. The Morgan fingerprint density at radius 2 is 2.20 bits per heavy atom. The van der Waals surface area contributed by atoms with E-state index in [1.165, 1.54) is 11.1 Å². The second kappa shape index (κ2) is 7.50. The average Bonchev–Trinajstić information content (AvgIpc) is 2.66. The van der Waals surface area contributed by atoms with Gasteiger partial charge in [0.2, 0.25) is 5.91 Å². The third kappa shape index (κ3) is 3.64. The molecule has 1 aromatic rings. The molecule has 0 aliphatic carbocycles. The average molecular weight is 299 g/mol. The van der Waals surface area contributed by atoms with Gasteiger partial charge in [-0.2, -0.15) is 0 Å². The van der Waals surface area contributed by atoms with E-state index in [-0.39, 0.29) is 24.4 Å². The molecule has 5 heteroatoms. The van der Waals surface area contributed by atoms with Crippen molar-refractivity contribution in [3.05, 3.63) is 29.3 Å². The molecular formula is C15H23ClN2O2. The van der Waals surface area contributed by atoms with E-state index < -0.39 is 0 Å². The number of ether oxygens (including phenoxy) is 1. The van der Waals surface area contributed by atoms with Crippen LogP contribution in [0.3, 0.4) is 0 Å². The lowest BCUT2D eigenvalue weighted by molar-refractivity contribution is -0.133. The lowest BCUT2D eigenvalue weighted by Gasteiger charge is -2.24. The molecule has 0 radical (unpaired) electrons. The highest BCUT2D eigenvalue weighted by Gasteiger charge is 2.22. The van der Waals surface area contributed by atoms with Crippen LogP contribution in [0, 0.1) is 0 Å². The number of hydrogen-bond acceptors (Lipinski definition) is 3. The zero-order valence-electron chi connectivity index (χ0n) is 12.1. The van der Waals surface area contributed by atoms with Gasteiger partial charge >= 0.3 is 0 Å². The molecule has 20 heavy (non-hydrogen) atoms. The Labute approximate surface area is 126 Å². The van der Waals surface area contributed by atoms with Crippen molar-refractivity contribution in [1.29, 1.82) is 0 Å². The molecule has 1 amide bonds. The third-order valence-electron chi connectivity index (χ3n) is 3.72. The summed E-state index contributed by atoms with van der Waals surface area (Å²) in [6, 6.07) is 5.70. The van der Waals surface area contributed by atoms with Crippen LogP contribution in [0.25, 0.3) is 0 Å². The minimum absolute atomic E-state index is 0. The van der Waals surface area contributed by atoms with E-state index >= 15 is 0 Å². The van der Waals surface area contributed by atoms with Gasteiger partial charge in [0, 0.05) is 13.1 Å². The molecule has 0 aromatic heterocycles. The van der Waals surface area contributed by atoms with Gasteiger partial charge in [-0.15, -0.1) is 12.4 Å². The second-order valence-electron chi connectivity index (χ2n) is 5.01. The molecule has 112 valence electrons. The number of nitrogens with zero attached hydrogens (tertiary/aromatic N) is 1. The molecule has 0 unspecified atom stereocenters. The van der Waals surface area contributed by atoms with Crippen LogP contribution in [0.5, 0.6) is 5.75 Å². The maximum Gasteiger partial charge on any atom is 0.239 e. The summed E-state index contributed by atoms with van der Waals surface area (Å²) < 4.78 is 5.25. The van der Waals surface area contributed by atoms with Gasteiger partial charge in [-0.3, -0.25) is 4.79 Å². The topological polar surface area (TPSA) is 55.6 Å². The molecule has 4 nitrogen and oxygen atoms in total. The van der Waals surface area contributed by atoms with Gasteiger partial charge < -0.3 is 15.4 Å². The van der Waals surface area contributed by atoms with Crippen LogP contribution in [-0.2, 0) is 17.8 Å². The van der Waals surface area contributed by atoms with E-state index in [2.05, 4.69) is 12.1 Å². The van der Waals surface area contributed by atoms with Gasteiger partial charge in [-0.1, -0.05) is 13.0 Å². The van der Waals surface area contributed by atoms with Crippen LogP contribution < -0.4 is 10.5 Å². The molecular weight excluding hydrogens is 276 g/mol. The fourth-order valence-electron chi connectivity index (χ4n) is 2.46. The van der Waals surface area contributed by atoms with Crippen LogP contribution in [0.1, 0.15) is 30.9 Å². The number of rotatable bonds is 3. The summed E-state index contributed by atoms with van der Waals surface area (Å²) in [7, 11) is 1.68. The monoisotopic (exact) mass is 298 g/mol. The predicted octanol–water partition coefficient (Wildman–Crippen LogP) is 2.13. The SMILES string of the molecule is CC[C@H](N)C(=O)N1CCCc2cc(OC)ccc2C1.Cl. The fourth-order valence-corrected chi connectivity index (χ4v) is 2.46. The fraction of sp³-hybridized carbons (Fsp3) is 0.533. The van der Waals surface area contributed by atoms with E-state index in [0.717, 1.165) is 25.1 Å². The van der Waals surface area contributed by atoms with Gasteiger partial charge in [0.1, 0.15) is 5.75 Å². The molecule has 0 bridgehead atoms. The molecule has 0 fully saturated rings. The maximum absolute atomic E-state index is 12.2. The largest absolute Gasteiger partial charge is 0.497 e. The molecule has 1 aliphatic rings. The molecule has 1 atom stereocenters. The number of aryl methyl sites for hydroxylation is 1.